The molecule has 2 aromatic carbocycles. The monoisotopic (exact) mass is 508 g/mol. The number of hydrogen-bond acceptors (Lipinski definition) is 2. The molecule has 2 aromatic rings. The summed E-state index contributed by atoms with van der Waals surface area (Å²) in [5.74, 6) is -1.05. The van der Waals surface area contributed by atoms with Crippen molar-refractivity contribution in [1.82, 2.24) is 10.2 Å². The minimum Gasteiger partial charge on any atom is -0.338 e. The first kappa shape index (κ1) is 23.6. The van der Waals surface area contributed by atoms with Crippen molar-refractivity contribution in [1.29, 1.82) is 0 Å². The van der Waals surface area contributed by atoms with Crippen LogP contribution < -0.4 is 5.32 Å². The third kappa shape index (κ3) is 5.41. The molecule has 1 aliphatic heterocycles. The summed E-state index contributed by atoms with van der Waals surface area (Å²) in [6.07, 6.45) is -9.51. The van der Waals surface area contributed by atoms with Crippen molar-refractivity contribution in [2.24, 2.45) is 0 Å². The van der Waals surface area contributed by atoms with Crippen molar-refractivity contribution in [2.75, 3.05) is 20.1 Å². The maximum Gasteiger partial charge on any atom is 0.416 e. The molecule has 0 aromatic heterocycles. The van der Waals surface area contributed by atoms with Gasteiger partial charge in [0, 0.05) is 35.6 Å². The van der Waals surface area contributed by atoms with Crippen molar-refractivity contribution >= 4 is 21.8 Å². The topological polar surface area (TPSA) is 32.3 Å². The van der Waals surface area contributed by atoms with Gasteiger partial charge in [-0.25, -0.2) is 0 Å². The van der Waals surface area contributed by atoms with Crippen LogP contribution in [-0.4, -0.2) is 37.0 Å². The third-order valence-corrected chi connectivity index (χ3v) is 5.92. The maximum atomic E-state index is 13.2. The fourth-order valence-corrected chi connectivity index (χ4v) is 4.06. The van der Waals surface area contributed by atoms with Crippen molar-refractivity contribution in [3.05, 3.63) is 69.2 Å². The SMILES string of the molecule is CN(C(=O)c1cc(C(F)(F)F)cc(C(F)(F)F)c1)C1CCNCC1c1ccc(Br)cc1. The third-order valence-electron chi connectivity index (χ3n) is 5.40. The molecular formula is C21H19BrF6N2O. The number of piperidine rings is 1. The molecule has 1 aliphatic rings. The summed E-state index contributed by atoms with van der Waals surface area (Å²) in [5, 5.41) is 3.22. The molecule has 168 valence electrons. The van der Waals surface area contributed by atoms with Gasteiger partial charge in [0.1, 0.15) is 0 Å². The molecule has 1 N–H and O–H groups in total. The first-order chi connectivity index (χ1) is 14.4. The molecule has 3 rings (SSSR count). The van der Waals surface area contributed by atoms with Crippen LogP contribution in [0.15, 0.2) is 46.9 Å². The van der Waals surface area contributed by atoms with Crippen LogP contribution in [0, 0.1) is 0 Å². The van der Waals surface area contributed by atoms with Crippen LogP contribution in [-0.2, 0) is 12.4 Å². The second kappa shape index (κ2) is 8.82. The average Bonchev–Trinajstić information content (AvgIpc) is 2.71. The Morgan fingerprint density at radius 3 is 2.06 bits per heavy atom. The fraction of sp³-hybridized carbons (Fsp3) is 0.381. The molecule has 1 amide bonds. The lowest BCUT2D eigenvalue weighted by Crippen LogP contribution is -2.49. The smallest absolute Gasteiger partial charge is 0.338 e. The molecule has 0 radical (unpaired) electrons. The number of benzene rings is 2. The van der Waals surface area contributed by atoms with E-state index >= 15 is 0 Å². The molecule has 10 heteroatoms. The number of nitrogens with zero attached hydrogens (tertiary/aromatic N) is 1. The van der Waals surface area contributed by atoms with Gasteiger partial charge in [-0.05, 0) is 48.9 Å². The first-order valence-electron chi connectivity index (χ1n) is 9.41. The number of likely N-dealkylation sites (N-methyl/N-ethyl adjacent to an activating group) is 1. The van der Waals surface area contributed by atoms with Crippen LogP contribution in [0.2, 0.25) is 0 Å². The molecule has 3 nitrogen and oxygen atoms in total. The lowest BCUT2D eigenvalue weighted by Gasteiger charge is -2.39. The highest BCUT2D eigenvalue weighted by Gasteiger charge is 2.39. The Morgan fingerprint density at radius 2 is 1.55 bits per heavy atom. The van der Waals surface area contributed by atoms with Gasteiger partial charge in [0.15, 0.2) is 0 Å². The number of hydrogen-bond donors (Lipinski definition) is 1. The summed E-state index contributed by atoms with van der Waals surface area (Å²) in [6.45, 7) is 1.10. The zero-order valence-electron chi connectivity index (χ0n) is 16.3. The summed E-state index contributed by atoms with van der Waals surface area (Å²) in [5.41, 5.74) is -2.74. The standard InChI is InChI=1S/C21H19BrF6N2O/c1-30(18-6-7-29-11-17(18)12-2-4-16(22)5-3-12)19(31)13-8-14(20(23,24)25)10-15(9-13)21(26,27)28/h2-5,8-10,17-18,29H,6-7,11H2,1H3. The van der Waals surface area contributed by atoms with Gasteiger partial charge >= 0.3 is 12.4 Å². The second-order valence-corrected chi connectivity index (χ2v) is 8.34. The molecule has 1 heterocycles. The van der Waals surface area contributed by atoms with Crippen LogP contribution in [0.3, 0.4) is 0 Å². The van der Waals surface area contributed by atoms with Crippen molar-refractivity contribution in [2.45, 2.75) is 30.7 Å². The van der Waals surface area contributed by atoms with Crippen LogP contribution in [0.5, 0.6) is 0 Å². The van der Waals surface area contributed by atoms with E-state index in [9.17, 15) is 31.1 Å². The van der Waals surface area contributed by atoms with E-state index < -0.39 is 35.0 Å². The fourth-order valence-electron chi connectivity index (χ4n) is 3.79. The van der Waals surface area contributed by atoms with Gasteiger partial charge in [-0.2, -0.15) is 26.3 Å². The van der Waals surface area contributed by atoms with Gasteiger partial charge in [0.05, 0.1) is 11.1 Å². The van der Waals surface area contributed by atoms with E-state index in [0.717, 1.165) is 10.0 Å². The van der Waals surface area contributed by atoms with Crippen molar-refractivity contribution in [3.63, 3.8) is 0 Å². The highest BCUT2D eigenvalue weighted by atomic mass is 79.9. The summed E-state index contributed by atoms with van der Waals surface area (Å²) >= 11 is 3.35. The Bertz CT molecular complexity index is 910. The van der Waals surface area contributed by atoms with Crippen molar-refractivity contribution in [3.8, 4) is 0 Å². The second-order valence-electron chi connectivity index (χ2n) is 7.43. The normalized spacial score (nSPS) is 19.9. The van der Waals surface area contributed by atoms with Crippen LogP contribution in [0.1, 0.15) is 39.4 Å². The molecule has 31 heavy (non-hydrogen) atoms. The molecule has 1 saturated heterocycles. The number of rotatable bonds is 3. The minimum absolute atomic E-state index is 0.0198. The van der Waals surface area contributed by atoms with Crippen LogP contribution in [0.4, 0.5) is 26.3 Å². The molecular weight excluding hydrogens is 490 g/mol. The zero-order chi connectivity index (χ0) is 23.0. The van der Waals surface area contributed by atoms with E-state index in [2.05, 4.69) is 21.2 Å². The van der Waals surface area contributed by atoms with E-state index in [4.69, 9.17) is 0 Å². The lowest BCUT2D eigenvalue weighted by molar-refractivity contribution is -0.143. The van der Waals surface area contributed by atoms with E-state index in [1.165, 1.54) is 11.9 Å². The molecule has 0 aliphatic carbocycles. The molecule has 0 bridgehead atoms. The molecule has 0 spiro atoms. The van der Waals surface area contributed by atoms with Gasteiger partial charge in [-0.15, -0.1) is 0 Å². The van der Waals surface area contributed by atoms with E-state index in [1.54, 1.807) is 0 Å². The highest BCUT2D eigenvalue weighted by Crippen LogP contribution is 2.37. The predicted molar refractivity (Wildman–Crippen MR) is 107 cm³/mol. The zero-order valence-corrected chi connectivity index (χ0v) is 17.9. The Morgan fingerprint density at radius 1 is 1.00 bits per heavy atom. The maximum absolute atomic E-state index is 13.2. The lowest BCUT2D eigenvalue weighted by atomic mass is 9.85. The van der Waals surface area contributed by atoms with Gasteiger partial charge in [0.2, 0.25) is 0 Å². The van der Waals surface area contributed by atoms with Gasteiger partial charge in [-0.1, -0.05) is 28.1 Å². The molecule has 2 unspecified atom stereocenters. The number of halogens is 7. The molecule has 2 atom stereocenters. The van der Waals surface area contributed by atoms with E-state index in [1.807, 2.05) is 24.3 Å². The van der Waals surface area contributed by atoms with Gasteiger partial charge in [-0.3, -0.25) is 4.79 Å². The Labute approximate surface area is 183 Å². The number of carbonyl (C=O) groups is 1. The molecule has 1 fully saturated rings. The van der Waals surface area contributed by atoms with Crippen LogP contribution >= 0.6 is 15.9 Å². The summed E-state index contributed by atoms with van der Waals surface area (Å²) in [6, 6.07) is 8.01. The van der Waals surface area contributed by atoms with Gasteiger partial charge < -0.3 is 10.2 Å². The number of alkyl halides is 6. The minimum atomic E-state index is -5.01. The van der Waals surface area contributed by atoms with Crippen molar-refractivity contribution < 1.29 is 31.1 Å². The number of amides is 1. The predicted octanol–water partition coefficient (Wildman–Crippen LogP) is 5.70. The number of carbonyl (C=O) groups excluding carboxylic acids is 1. The van der Waals surface area contributed by atoms with Crippen LogP contribution in [0.25, 0.3) is 0 Å². The summed E-state index contributed by atoms with van der Waals surface area (Å²) in [4.78, 5) is 14.2. The van der Waals surface area contributed by atoms with E-state index in [-0.39, 0.29) is 18.0 Å². The number of nitrogens with one attached hydrogen (secondary N) is 1. The Kier molecular flexibility index (Phi) is 6.71. The van der Waals surface area contributed by atoms with Gasteiger partial charge in [0.25, 0.3) is 5.91 Å². The summed E-state index contributed by atoms with van der Waals surface area (Å²) < 4.78 is 79.9. The summed E-state index contributed by atoms with van der Waals surface area (Å²) in [7, 11) is 1.41. The Hall–Kier alpha value is -2.07. The molecule has 0 saturated carbocycles. The average molecular weight is 509 g/mol. The first-order valence-corrected chi connectivity index (χ1v) is 10.2. The largest absolute Gasteiger partial charge is 0.416 e. The quantitative estimate of drug-likeness (QED) is 0.539. The highest BCUT2D eigenvalue weighted by molar-refractivity contribution is 9.10. The van der Waals surface area contributed by atoms with E-state index in [0.29, 0.717) is 31.6 Å². The Balaban J connectivity index is 1.96.